The number of ketones is 1. The Kier molecular flexibility index (Phi) is 17.6. The zero-order valence-electron chi connectivity index (χ0n) is 41.0. The van der Waals surface area contributed by atoms with Gasteiger partial charge in [0.15, 0.2) is 5.78 Å². The Morgan fingerprint density at radius 1 is 0.529 bits per heavy atom. The molecule has 4 aromatic carbocycles. The third kappa shape index (κ3) is 14.8. The molecule has 4 rings (SSSR count). The Bertz CT molecular complexity index is 2500. The highest BCUT2D eigenvalue weighted by atomic mass is 16.2. The summed E-state index contributed by atoms with van der Waals surface area (Å²) in [6, 6.07) is 26.0. The van der Waals surface area contributed by atoms with Crippen LogP contribution in [0.1, 0.15) is 110 Å². The molecule has 4 aromatic rings. The highest BCUT2D eigenvalue weighted by molar-refractivity contribution is 6.09. The van der Waals surface area contributed by atoms with Gasteiger partial charge in [0.05, 0.1) is 6.04 Å². The lowest BCUT2D eigenvalue weighted by molar-refractivity contribution is -0.136. The van der Waals surface area contributed by atoms with Crippen molar-refractivity contribution in [1.82, 2.24) is 37.2 Å². The molecule has 7 amide bonds. The van der Waals surface area contributed by atoms with Crippen molar-refractivity contribution in [3.63, 3.8) is 0 Å². The second kappa shape index (κ2) is 22.2. The minimum Gasteiger partial charge on any atom is -0.368 e. The molecule has 68 heavy (non-hydrogen) atoms. The summed E-state index contributed by atoms with van der Waals surface area (Å²) in [5, 5.41) is 21.7. The number of carbonyl (C=O) groups excluding carboxylic acids is 8. The minimum absolute atomic E-state index is 0.0696. The Morgan fingerprint density at radius 2 is 1.04 bits per heavy atom. The van der Waals surface area contributed by atoms with Crippen LogP contribution in [-0.2, 0) is 46.4 Å². The van der Waals surface area contributed by atoms with E-state index in [0.717, 1.165) is 21.9 Å². The van der Waals surface area contributed by atoms with Gasteiger partial charge < -0.3 is 43.0 Å². The summed E-state index contributed by atoms with van der Waals surface area (Å²) in [6.07, 6.45) is 0.552. The van der Waals surface area contributed by atoms with Gasteiger partial charge in [0.2, 0.25) is 41.4 Å². The fraction of sp³-hybridized carbons (Fsp3) is 0.423. The fourth-order valence-electron chi connectivity index (χ4n) is 7.02. The highest BCUT2D eigenvalue weighted by Crippen LogP contribution is 2.19. The van der Waals surface area contributed by atoms with E-state index in [2.05, 4.69) is 37.2 Å². The van der Waals surface area contributed by atoms with Crippen LogP contribution in [0.5, 0.6) is 0 Å². The van der Waals surface area contributed by atoms with Crippen LogP contribution in [0.3, 0.4) is 0 Å². The summed E-state index contributed by atoms with van der Waals surface area (Å²) < 4.78 is 0. The second-order valence-corrected chi connectivity index (χ2v) is 19.6. The second-order valence-electron chi connectivity index (χ2n) is 19.6. The lowest BCUT2D eigenvalue weighted by Gasteiger charge is -2.37. The van der Waals surface area contributed by atoms with E-state index < -0.39 is 81.8 Å². The summed E-state index contributed by atoms with van der Waals surface area (Å²) in [5.41, 5.74) is 2.84. The van der Waals surface area contributed by atoms with E-state index in [9.17, 15) is 38.4 Å². The molecule has 0 spiro atoms. The SMILES string of the molecule is CC(NC(=O)C(C)(C)NC(=O)C(C)N[C@@H](C)C(C)(C)NC(=O)C(Cc1ccc2ccccc2c1)NC(=O)C(C)(C)NC(=O)CCc1ccc(C(=O)c2ccccc2)cc1)C(=O)NC(C)(C)C(N)=O. The molecule has 0 aliphatic rings. The molecule has 0 saturated heterocycles. The largest absolute Gasteiger partial charge is 0.368 e. The van der Waals surface area contributed by atoms with E-state index in [1.165, 1.54) is 34.6 Å². The van der Waals surface area contributed by atoms with Crippen LogP contribution in [0.15, 0.2) is 97.1 Å². The minimum atomic E-state index is -1.47. The topological polar surface area (TPSA) is 247 Å². The molecule has 0 radical (unpaired) electrons. The maximum atomic E-state index is 14.3. The van der Waals surface area contributed by atoms with Crippen LogP contribution < -0.4 is 43.0 Å². The molecule has 0 saturated carbocycles. The molecule has 16 nitrogen and oxygen atoms in total. The summed E-state index contributed by atoms with van der Waals surface area (Å²) >= 11 is 0. The van der Waals surface area contributed by atoms with Crippen LogP contribution in [-0.4, -0.2) is 93.5 Å². The number of primary amides is 1. The standard InChI is InChI=1S/C52H68N8O8/c1-31(43(63)59-52(10,11)47(67)55-32(2)44(64)58-50(6,7)46(53)66)54-33(3)49(4,5)60-45(65)40(30-35-23-25-36-17-15-16-20-39(36)29-35)56-48(68)51(8,9)57-41(61)28-24-34-21-26-38(27-22-34)42(62)37-18-13-12-14-19-37/h12-23,25-27,29,31-33,40,54H,24,28,30H2,1-11H3,(H2,53,66)(H,55,67)(H,56,68)(H,57,61)(H,58,64)(H,59,63)(H,60,65)/t31?,32?,33-,40?/m0/s1. The van der Waals surface area contributed by atoms with Crippen LogP contribution in [0.2, 0.25) is 0 Å². The van der Waals surface area contributed by atoms with E-state index in [0.29, 0.717) is 17.5 Å². The van der Waals surface area contributed by atoms with E-state index in [4.69, 9.17) is 5.73 Å². The predicted octanol–water partition coefficient (Wildman–Crippen LogP) is 3.67. The van der Waals surface area contributed by atoms with E-state index in [-0.39, 0.29) is 24.5 Å². The molecule has 3 unspecified atom stereocenters. The summed E-state index contributed by atoms with van der Waals surface area (Å²) in [5.74, 6) is -4.15. The molecule has 0 aromatic heterocycles. The lowest BCUT2D eigenvalue weighted by atomic mass is 9.93. The smallest absolute Gasteiger partial charge is 0.245 e. The Labute approximate surface area is 399 Å². The van der Waals surface area contributed by atoms with Gasteiger partial charge in [0.1, 0.15) is 28.7 Å². The average molecular weight is 933 g/mol. The highest BCUT2D eigenvalue weighted by Gasteiger charge is 2.38. The molecule has 9 N–H and O–H groups in total. The molecular weight excluding hydrogens is 865 g/mol. The number of fused-ring (bicyclic) bond motifs is 1. The summed E-state index contributed by atoms with van der Waals surface area (Å²) in [6.45, 7) is 17.3. The van der Waals surface area contributed by atoms with Crippen LogP contribution in [0.4, 0.5) is 0 Å². The van der Waals surface area contributed by atoms with E-state index in [1.807, 2.05) is 48.5 Å². The van der Waals surface area contributed by atoms with Crippen molar-refractivity contribution in [1.29, 1.82) is 0 Å². The van der Waals surface area contributed by atoms with E-state index in [1.54, 1.807) is 90.1 Å². The predicted molar refractivity (Wildman–Crippen MR) is 262 cm³/mol. The number of hydrogen-bond donors (Lipinski definition) is 8. The Morgan fingerprint density at radius 3 is 1.66 bits per heavy atom. The number of amides is 7. The van der Waals surface area contributed by atoms with Crippen molar-refractivity contribution < 1.29 is 38.4 Å². The Hall–Kier alpha value is -6.94. The lowest BCUT2D eigenvalue weighted by Crippen LogP contribution is -2.65. The van der Waals surface area contributed by atoms with Crippen molar-refractivity contribution in [2.75, 3.05) is 0 Å². The first kappa shape index (κ1) is 53.7. The molecule has 0 aliphatic heterocycles. The maximum Gasteiger partial charge on any atom is 0.245 e. The third-order valence-corrected chi connectivity index (χ3v) is 12.0. The van der Waals surface area contributed by atoms with Gasteiger partial charge in [-0.1, -0.05) is 97.1 Å². The maximum absolute atomic E-state index is 14.3. The van der Waals surface area contributed by atoms with Gasteiger partial charge >= 0.3 is 0 Å². The number of nitrogens with one attached hydrogen (secondary N) is 7. The van der Waals surface area contributed by atoms with Crippen LogP contribution in [0, 0.1) is 0 Å². The number of hydrogen-bond acceptors (Lipinski definition) is 9. The number of rotatable bonds is 22. The van der Waals surface area contributed by atoms with Crippen molar-refractivity contribution in [3.8, 4) is 0 Å². The van der Waals surface area contributed by atoms with Gasteiger partial charge in [-0.25, -0.2) is 0 Å². The van der Waals surface area contributed by atoms with Gasteiger partial charge in [-0.05, 0) is 104 Å². The van der Waals surface area contributed by atoms with Gasteiger partial charge in [-0.3, -0.25) is 38.4 Å². The van der Waals surface area contributed by atoms with E-state index >= 15 is 0 Å². The van der Waals surface area contributed by atoms with Gasteiger partial charge in [-0.15, -0.1) is 0 Å². The first-order valence-electron chi connectivity index (χ1n) is 22.7. The number of benzene rings is 4. The van der Waals surface area contributed by atoms with Crippen molar-refractivity contribution >= 4 is 57.9 Å². The molecule has 0 fully saturated rings. The quantitative estimate of drug-likeness (QED) is 0.0536. The first-order valence-corrected chi connectivity index (χ1v) is 22.7. The molecular formula is C52H68N8O8. The molecule has 0 bridgehead atoms. The normalized spacial score (nSPS) is 13.8. The first-order chi connectivity index (χ1) is 31.6. The van der Waals surface area contributed by atoms with Gasteiger partial charge in [0.25, 0.3) is 0 Å². The molecule has 16 heteroatoms. The molecule has 4 atom stereocenters. The molecule has 0 heterocycles. The number of aryl methyl sites for hydroxylation is 1. The number of carbonyl (C=O) groups is 8. The number of nitrogens with two attached hydrogens (primary N) is 1. The molecule has 0 aliphatic carbocycles. The zero-order valence-corrected chi connectivity index (χ0v) is 41.0. The molecule has 364 valence electrons. The van der Waals surface area contributed by atoms with Crippen LogP contribution in [0.25, 0.3) is 10.8 Å². The van der Waals surface area contributed by atoms with Crippen LogP contribution >= 0.6 is 0 Å². The summed E-state index contributed by atoms with van der Waals surface area (Å²) in [4.78, 5) is 105. The fourth-order valence-corrected chi connectivity index (χ4v) is 7.02. The van der Waals surface area contributed by atoms with Crippen molar-refractivity contribution in [2.45, 2.75) is 142 Å². The van der Waals surface area contributed by atoms with Crippen molar-refractivity contribution in [2.24, 2.45) is 5.73 Å². The van der Waals surface area contributed by atoms with Gasteiger partial charge in [-0.2, -0.15) is 0 Å². The summed E-state index contributed by atoms with van der Waals surface area (Å²) in [7, 11) is 0. The van der Waals surface area contributed by atoms with Crippen molar-refractivity contribution in [3.05, 3.63) is 119 Å². The zero-order chi connectivity index (χ0) is 50.8. The van der Waals surface area contributed by atoms with Gasteiger partial charge in [0, 0.05) is 35.5 Å². The third-order valence-electron chi connectivity index (χ3n) is 12.0. The Balaban J connectivity index is 1.40. The monoisotopic (exact) mass is 933 g/mol. The average Bonchev–Trinajstić information content (AvgIpc) is 3.27.